The van der Waals surface area contributed by atoms with Gasteiger partial charge >= 0.3 is 0 Å². The number of hydrogen-bond donors (Lipinski definition) is 3. The molecule has 2 unspecified atom stereocenters. The zero-order valence-electron chi connectivity index (χ0n) is 12.4. The Bertz CT molecular complexity index is 566. The van der Waals surface area contributed by atoms with Crippen LogP contribution in [0.2, 0.25) is 0 Å². The fourth-order valence-corrected chi connectivity index (χ4v) is 4.57. The Morgan fingerprint density at radius 3 is 2.57 bits per heavy atom. The summed E-state index contributed by atoms with van der Waals surface area (Å²) in [6.07, 6.45) is 4.13. The van der Waals surface area contributed by atoms with Crippen LogP contribution in [0.5, 0.6) is 0 Å². The molecule has 6 heteroatoms. The second-order valence-electron chi connectivity index (χ2n) is 5.83. The molecular weight excluding hydrogens is 288 g/mol. The van der Waals surface area contributed by atoms with Crippen LogP contribution in [0, 0.1) is 18.8 Å². The third-order valence-corrected chi connectivity index (χ3v) is 5.99. The van der Waals surface area contributed by atoms with Gasteiger partial charge < -0.3 is 10.8 Å². The van der Waals surface area contributed by atoms with E-state index in [0.717, 1.165) is 25.7 Å². The van der Waals surface area contributed by atoms with Gasteiger partial charge in [-0.15, -0.1) is 0 Å². The first-order chi connectivity index (χ1) is 9.95. The van der Waals surface area contributed by atoms with Gasteiger partial charge in [0.2, 0.25) is 10.0 Å². The number of nitrogens with one attached hydrogen (secondary N) is 1. The highest BCUT2D eigenvalue weighted by molar-refractivity contribution is 7.89. The van der Waals surface area contributed by atoms with Crippen molar-refractivity contribution in [2.75, 3.05) is 18.9 Å². The lowest BCUT2D eigenvalue weighted by Crippen LogP contribution is -2.36. The summed E-state index contributed by atoms with van der Waals surface area (Å²) in [7, 11) is -3.61. The van der Waals surface area contributed by atoms with Crippen LogP contribution in [-0.2, 0) is 10.0 Å². The van der Waals surface area contributed by atoms with Gasteiger partial charge in [-0.2, -0.15) is 0 Å². The van der Waals surface area contributed by atoms with Crippen molar-refractivity contribution in [1.29, 1.82) is 0 Å². The smallest absolute Gasteiger partial charge is 0.242 e. The number of nitrogen functional groups attached to an aromatic ring is 1. The number of aliphatic hydroxyl groups excluding tert-OH is 1. The predicted molar refractivity (Wildman–Crippen MR) is 83.3 cm³/mol. The summed E-state index contributed by atoms with van der Waals surface area (Å²) in [5.74, 6) is 0.388. The standard InChI is InChI=1S/C15H24N2O3S/c1-11-5-4-8-14(16)15(11)21(19,20)17-9-12-6-2-3-7-13(12)10-18/h4-5,8,12-13,17-18H,2-3,6-7,9-10,16H2,1H3. The second-order valence-corrected chi connectivity index (χ2v) is 7.54. The normalized spacial score (nSPS) is 23.1. The summed E-state index contributed by atoms with van der Waals surface area (Å²) in [5, 5.41) is 9.40. The van der Waals surface area contributed by atoms with E-state index in [0.29, 0.717) is 12.1 Å². The lowest BCUT2D eigenvalue weighted by Gasteiger charge is -2.30. The Morgan fingerprint density at radius 2 is 1.95 bits per heavy atom. The molecule has 0 aromatic heterocycles. The third kappa shape index (κ3) is 3.75. The van der Waals surface area contributed by atoms with Crippen LogP contribution in [0.3, 0.4) is 0 Å². The Kier molecular flexibility index (Phi) is 5.24. The van der Waals surface area contributed by atoms with Gasteiger partial charge in [-0.25, -0.2) is 13.1 Å². The average molecular weight is 312 g/mol. The van der Waals surface area contributed by atoms with Crippen molar-refractivity contribution in [3.63, 3.8) is 0 Å². The molecule has 0 radical (unpaired) electrons. The van der Waals surface area contributed by atoms with Gasteiger partial charge in [0, 0.05) is 13.2 Å². The van der Waals surface area contributed by atoms with Crippen LogP contribution < -0.4 is 10.5 Å². The SMILES string of the molecule is Cc1cccc(N)c1S(=O)(=O)NCC1CCCCC1CO. The van der Waals surface area contributed by atoms with Gasteiger partial charge in [-0.3, -0.25) is 0 Å². The number of aliphatic hydroxyl groups is 1. The fraction of sp³-hybridized carbons (Fsp3) is 0.600. The molecule has 1 aromatic rings. The van der Waals surface area contributed by atoms with Crippen molar-refractivity contribution < 1.29 is 13.5 Å². The third-order valence-electron chi connectivity index (χ3n) is 4.35. The molecule has 0 heterocycles. The largest absolute Gasteiger partial charge is 0.398 e. The van der Waals surface area contributed by atoms with E-state index in [1.54, 1.807) is 25.1 Å². The number of aryl methyl sites for hydroxylation is 1. The maximum absolute atomic E-state index is 12.5. The van der Waals surface area contributed by atoms with E-state index in [1.807, 2.05) is 0 Å². The molecule has 1 aromatic carbocycles. The number of rotatable bonds is 5. The van der Waals surface area contributed by atoms with Crippen LogP contribution >= 0.6 is 0 Å². The Morgan fingerprint density at radius 1 is 1.29 bits per heavy atom. The monoisotopic (exact) mass is 312 g/mol. The van der Waals surface area contributed by atoms with Crippen LogP contribution in [0.15, 0.2) is 23.1 Å². The quantitative estimate of drug-likeness (QED) is 0.721. The maximum atomic E-state index is 12.5. The summed E-state index contributed by atoms with van der Waals surface area (Å²) in [6.45, 7) is 2.22. The fourth-order valence-electron chi connectivity index (χ4n) is 3.12. The first-order valence-corrected chi connectivity index (χ1v) is 8.89. The molecule has 0 bridgehead atoms. The molecule has 4 N–H and O–H groups in total. The lowest BCUT2D eigenvalue weighted by molar-refractivity contribution is 0.136. The summed E-state index contributed by atoms with van der Waals surface area (Å²) < 4.78 is 27.6. The van der Waals surface area contributed by atoms with Gasteiger partial charge in [0.05, 0.1) is 5.69 Å². The van der Waals surface area contributed by atoms with E-state index in [4.69, 9.17) is 5.73 Å². The number of anilines is 1. The van der Waals surface area contributed by atoms with Crippen LogP contribution in [0.4, 0.5) is 5.69 Å². The molecule has 2 rings (SSSR count). The zero-order chi connectivity index (χ0) is 15.5. The average Bonchev–Trinajstić information content (AvgIpc) is 2.45. The minimum atomic E-state index is -3.61. The summed E-state index contributed by atoms with van der Waals surface area (Å²) >= 11 is 0. The number of nitrogens with two attached hydrogens (primary N) is 1. The molecular formula is C15H24N2O3S. The molecule has 1 aliphatic carbocycles. The molecule has 21 heavy (non-hydrogen) atoms. The van der Waals surface area contributed by atoms with Crippen molar-refractivity contribution in [3.8, 4) is 0 Å². The van der Waals surface area contributed by atoms with Gasteiger partial charge in [-0.1, -0.05) is 25.0 Å². The van der Waals surface area contributed by atoms with Gasteiger partial charge in [0.25, 0.3) is 0 Å². The molecule has 1 aliphatic rings. The number of hydrogen-bond acceptors (Lipinski definition) is 4. The molecule has 1 fully saturated rings. The first-order valence-electron chi connectivity index (χ1n) is 7.41. The second kappa shape index (κ2) is 6.77. The molecule has 0 spiro atoms. The van der Waals surface area contributed by atoms with E-state index < -0.39 is 10.0 Å². The van der Waals surface area contributed by atoms with Crippen molar-refractivity contribution in [1.82, 2.24) is 4.72 Å². The topological polar surface area (TPSA) is 92.4 Å². The molecule has 0 saturated heterocycles. The van der Waals surface area contributed by atoms with Gasteiger partial charge in [0.1, 0.15) is 4.90 Å². The number of benzene rings is 1. The lowest BCUT2D eigenvalue weighted by atomic mass is 9.80. The number of sulfonamides is 1. The molecule has 2 atom stereocenters. The van der Waals surface area contributed by atoms with Gasteiger partial charge in [0.15, 0.2) is 0 Å². The highest BCUT2D eigenvalue weighted by atomic mass is 32.2. The van der Waals surface area contributed by atoms with Crippen molar-refractivity contribution in [3.05, 3.63) is 23.8 Å². The zero-order valence-corrected chi connectivity index (χ0v) is 13.2. The van der Waals surface area contributed by atoms with E-state index in [-0.39, 0.29) is 29.0 Å². The van der Waals surface area contributed by atoms with Crippen LogP contribution in [0.1, 0.15) is 31.2 Å². The van der Waals surface area contributed by atoms with Gasteiger partial charge in [-0.05, 0) is 43.2 Å². The molecule has 0 aliphatic heterocycles. The minimum absolute atomic E-state index is 0.124. The van der Waals surface area contributed by atoms with Crippen LogP contribution in [0.25, 0.3) is 0 Å². The Balaban J connectivity index is 2.11. The van der Waals surface area contributed by atoms with E-state index in [1.165, 1.54) is 0 Å². The van der Waals surface area contributed by atoms with E-state index in [9.17, 15) is 13.5 Å². The summed E-state index contributed by atoms with van der Waals surface area (Å²) in [5.41, 5.74) is 6.72. The molecule has 1 saturated carbocycles. The Labute approximate surface area is 126 Å². The van der Waals surface area contributed by atoms with E-state index >= 15 is 0 Å². The first kappa shape index (κ1) is 16.3. The minimum Gasteiger partial charge on any atom is -0.398 e. The molecule has 0 amide bonds. The van der Waals surface area contributed by atoms with E-state index in [2.05, 4.69) is 4.72 Å². The van der Waals surface area contributed by atoms with Crippen molar-refractivity contribution >= 4 is 15.7 Å². The molecule has 5 nitrogen and oxygen atoms in total. The maximum Gasteiger partial charge on any atom is 0.242 e. The Hall–Kier alpha value is -1.11. The predicted octanol–water partition coefficient (Wildman–Crippen LogP) is 1.65. The van der Waals surface area contributed by atoms with Crippen LogP contribution in [-0.4, -0.2) is 26.7 Å². The summed E-state index contributed by atoms with van der Waals surface area (Å²) in [4.78, 5) is 0.168. The summed E-state index contributed by atoms with van der Waals surface area (Å²) in [6, 6.07) is 5.08. The van der Waals surface area contributed by atoms with Crippen molar-refractivity contribution in [2.45, 2.75) is 37.5 Å². The molecule has 118 valence electrons. The highest BCUT2D eigenvalue weighted by Crippen LogP contribution is 2.30. The highest BCUT2D eigenvalue weighted by Gasteiger charge is 2.27. The van der Waals surface area contributed by atoms with Crippen molar-refractivity contribution in [2.24, 2.45) is 11.8 Å².